The van der Waals surface area contributed by atoms with Crippen LogP contribution in [-0.2, 0) is 21.0 Å². The Morgan fingerprint density at radius 1 is 1.05 bits per heavy atom. The quantitative estimate of drug-likeness (QED) is 0.164. The number of benzene rings is 3. The lowest BCUT2D eigenvalue weighted by molar-refractivity contribution is -0.137. The second-order valence-corrected chi connectivity index (χ2v) is 12.1. The number of aromatic nitrogens is 1. The minimum Gasteiger partial charge on any atom is -0.318 e. The second kappa shape index (κ2) is 12.1. The third-order valence-electron chi connectivity index (χ3n) is 6.11. The maximum atomic E-state index is 13.5. The molecule has 0 aliphatic carbocycles. The molecule has 0 atom stereocenters. The first kappa shape index (κ1) is 30.4. The van der Waals surface area contributed by atoms with Gasteiger partial charge in [0.15, 0.2) is 0 Å². The van der Waals surface area contributed by atoms with Gasteiger partial charge in [0.25, 0.3) is 15.9 Å². The van der Waals surface area contributed by atoms with E-state index in [1.165, 1.54) is 30.5 Å². The van der Waals surface area contributed by atoms with Gasteiger partial charge in [-0.2, -0.15) is 18.3 Å². The molecule has 7 nitrogen and oxygen atoms in total. The lowest BCUT2D eigenvalue weighted by Crippen LogP contribution is -2.39. The number of rotatable bonds is 8. The number of anilines is 1. The van der Waals surface area contributed by atoms with E-state index in [1.54, 1.807) is 6.07 Å². The Kier molecular flexibility index (Phi) is 8.95. The van der Waals surface area contributed by atoms with Crippen LogP contribution in [0, 0.1) is 13.8 Å². The molecule has 13 heteroatoms. The molecule has 0 aliphatic heterocycles. The molecule has 1 aromatic heterocycles. The summed E-state index contributed by atoms with van der Waals surface area (Å²) >= 11 is 9.14. The molecule has 4 rings (SSSR count). The van der Waals surface area contributed by atoms with Crippen LogP contribution in [0.25, 0.3) is 5.69 Å². The molecular formula is C28H23BrClF3N4O3S. The Morgan fingerprint density at radius 3 is 2.34 bits per heavy atom. The van der Waals surface area contributed by atoms with Crippen LogP contribution >= 0.6 is 27.5 Å². The van der Waals surface area contributed by atoms with Crippen LogP contribution in [0.5, 0.6) is 0 Å². The van der Waals surface area contributed by atoms with Crippen molar-refractivity contribution in [2.75, 3.05) is 10.8 Å². The molecule has 0 unspecified atom stereocenters. The van der Waals surface area contributed by atoms with Crippen molar-refractivity contribution in [2.24, 2.45) is 5.10 Å². The molecule has 0 radical (unpaired) electrons. The molecule has 1 N–H and O–H groups in total. The highest BCUT2D eigenvalue weighted by Crippen LogP contribution is 2.38. The number of halogens is 5. The molecule has 214 valence electrons. The average Bonchev–Trinajstić information content (AvgIpc) is 3.20. The summed E-state index contributed by atoms with van der Waals surface area (Å²) in [7, 11) is -4.44. The number of nitrogens with one attached hydrogen (secondary N) is 1. The highest BCUT2D eigenvalue weighted by atomic mass is 79.9. The van der Waals surface area contributed by atoms with Gasteiger partial charge >= 0.3 is 6.18 Å². The molecule has 4 aromatic rings. The number of amides is 1. The lowest BCUT2D eigenvalue weighted by atomic mass is 10.2. The van der Waals surface area contributed by atoms with Crippen molar-refractivity contribution in [3.8, 4) is 5.69 Å². The van der Waals surface area contributed by atoms with Crippen molar-refractivity contribution in [2.45, 2.75) is 24.9 Å². The van der Waals surface area contributed by atoms with Gasteiger partial charge < -0.3 is 4.57 Å². The number of carbonyl (C=O) groups excluding carboxylic acids is 1. The SMILES string of the molecule is Cc1cc(/C=N\NC(=O)CN(c2ccc(Cl)c(C(F)(F)F)c2)S(=O)(=O)c2ccccc2)c(C)n1-c1ccc(Br)cc1. The van der Waals surface area contributed by atoms with Gasteiger partial charge in [-0.25, -0.2) is 13.8 Å². The first-order chi connectivity index (χ1) is 19.3. The number of carbonyl (C=O) groups is 1. The third kappa shape index (κ3) is 6.83. The Bertz CT molecular complexity index is 1710. The molecule has 41 heavy (non-hydrogen) atoms. The fourth-order valence-electron chi connectivity index (χ4n) is 4.17. The van der Waals surface area contributed by atoms with E-state index in [2.05, 4.69) is 26.5 Å². The van der Waals surface area contributed by atoms with Crippen LogP contribution in [-0.4, -0.2) is 31.7 Å². The van der Waals surface area contributed by atoms with Crippen LogP contribution in [0.1, 0.15) is 22.5 Å². The average molecular weight is 668 g/mol. The minimum atomic E-state index is -4.84. The van der Waals surface area contributed by atoms with E-state index in [4.69, 9.17) is 11.6 Å². The van der Waals surface area contributed by atoms with Gasteiger partial charge in [0.1, 0.15) is 6.54 Å². The number of nitrogens with zero attached hydrogens (tertiary/aromatic N) is 3. The van der Waals surface area contributed by atoms with Crippen LogP contribution < -0.4 is 9.73 Å². The molecule has 0 saturated carbocycles. The van der Waals surface area contributed by atoms with E-state index in [0.29, 0.717) is 15.9 Å². The van der Waals surface area contributed by atoms with Gasteiger partial charge in [0, 0.05) is 27.1 Å². The van der Waals surface area contributed by atoms with Gasteiger partial charge in [-0.15, -0.1) is 0 Å². The first-order valence-corrected chi connectivity index (χ1v) is 14.6. The maximum Gasteiger partial charge on any atom is 0.417 e. The lowest BCUT2D eigenvalue weighted by Gasteiger charge is -2.24. The number of alkyl halides is 3. The predicted octanol–water partition coefficient (Wildman–Crippen LogP) is 6.87. The molecule has 0 saturated heterocycles. The molecule has 0 spiro atoms. The Labute approximate surface area is 248 Å². The zero-order valence-corrected chi connectivity index (χ0v) is 24.8. The van der Waals surface area contributed by atoms with Crippen molar-refractivity contribution < 1.29 is 26.4 Å². The maximum absolute atomic E-state index is 13.5. The summed E-state index contributed by atoms with van der Waals surface area (Å²) < 4.78 is 71.0. The molecule has 0 fully saturated rings. The first-order valence-electron chi connectivity index (χ1n) is 12.0. The van der Waals surface area contributed by atoms with Crippen molar-refractivity contribution in [3.05, 3.63) is 111 Å². The smallest absolute Gasteiger partial charge is 0.318 e. The molecule has 1 amide bonds. The van der Waals surface area contributed by atoms with Gasteiger partial charge in [-0.05, 0) is 74.5 Å². The Hall–Kier alpha value is -3.61. The van der Waals surface area contributed by atoms with Crippen molar-refractivity contribution >= 4 is 55.4 Å². The van der Waals surface area contributed by atoms with Crippen LogP contribution in [0.4, 0.5) is 18.9 Å². The summed E-state index contributed by atoms with van der Waals surface area (Å²) in [4.78, 5) is 12.7. The third-order valence-corrected chi connectivity index (χ3v) is 8.76. The van der Waals surface area contributed by atoms with Gasteiger partial charge in [0.05, 0.1) is 27.4 Å². The van der Waals surface area contributed by atoms with Crippen molar-refractivity contribution in [1.29, 1.82) is 0 Å². The topological polar surface area (TPSA) is 83.8 Å². The van der Waals surface area contributed by atoms with Crippen molar-refractivity contribution in [1.82, 2.24) is 9.99 Å². The zero-order chi connectivity index (χ0) is 29.9. The number of aryl methyl sites for hydroxylation is 1. The predicted molar refractivity (Wildman–Crippen MR) is 156 cm³/mol. The van der Waals surface area contributed by atoms with Crippen LogP contribution in [0.2, 0.25) is 5.02 Å². The highest BCUT2D eigenvalue weighted by Gasteiger charge is 2.35. The number of hydrazone groups is 1. The van der Waals surface area contributed by atoms with Gasteiger partial charge in [0.2, 0.25) is 0 Å². The van der Waals surface area contributed by atoms with Crippen LogP contribution in [0.15, 0.2) is 93.3 Å². The molecule has 0 aliphatic rings. The second-order valence-electron chi connectivity index (χ2n) is 8.92. The summed E-state index contributed by atoms with van der Waals surface area (Å²) in [6.07, 6.45) is -3.43. The van der Waals surface area contributed by atoms with Gasteiger partial charge in [-0.3, -0.25) is 9.10 Å². The molecule has 3 aromatic carbocycles. The summed E-state index contributed by atoms with van der Waals surface area (Å²) in [5, 5.41) is 3.37. The van der Waals surface area contributed by atoms with E-state index in [1.807, 2.05) is 48.7 Å². The van der Waals surface area contributed by atoms with Gasteiger partial charge in [-0.1, -0.05) is 45.7 Å². The number of hydrogen-bond acceptors (Lipinski definition) is 4. The highest BCUT2D eigenvalue weighted by molar-refractivity contribution is 9.10. The standard InChI is InChI=1S/C28H23BrClF3N4O3S/c1-18-14-20(19(2)37(18)22-10-8-21(29)9-11-22)16-34-35-27(38)17-36(41(39,40)24-6-4-3-5-7-24)23-12-13-26(30)25(15-23)28(31,32)33/h3-16H,17H2,1-2H3,(H,35,38)/b34-16-. The van der Waals surface area contributed by atoms with E-state index < -0.39 is 39.2 Å². The van der Waals surface area contributed by atoms with Crippen LogP contribution in [0.3, 0.4) is 0 Å². The minimum absolute atomic E-state index is 0.208. The largest absolute Gasteiger partial charge is 0.417 e. The summed E-state index contributed by atoms with van der Waals surface area (Å²) in [6, 6.07) is 19.3. The Morgan fingerprint density at radius 2 is 1.71 bits per heavy atom. The van der Waals surface area contributed by atoms with E-state index in [0.717, 1.165) is 33.7 Å². The Balaban J connectivity index is 1.61. The number of hydrogen-bond donors (Lipinski definition) is 1. The fourth-order valence-corrected chi connectivity index (χ4v) is 6.09. The molecule has 1 heterocycles. The number of sulfonamides is 1. The summed E-state index contributed by atoms with van der Waals surface area (Å²) in [5.41, 5.74) is 4.05. The van der Waals surface area contributed by atoms with E-state index >= 15 is 0 Å². The van der Waals surface area contributed by atoms with E-state index in [9.17, 15) is 26.4 Å². The summed E-state index contributed by atoms with van der Waals surface area (Å²) in [5.74, 6) is -0.869. The normalized spacial score (nSPS) is 12.1. The monoisotopic (exact) mass is 666 g/mol. The fraction of sp³-hybridized carbons (Fsp3) is 0.143. The van der Waals surface area contributed by atoms with Crippen molar-refractivity contribution in [3.63, 3.8) is 0 Å². The summed E-state index contributed by atoms with van der Waals surface area (Å²) in [6.45, 7) is 2.95. The van der Waals surface area contributed by atoms with E-state index in [-0.39, 0.29) is 10.6 Å². The molecule has 0 bridgehead atoms. The zero-order valence-electron chi connectivity index (χ0n) is 21.7. The molecular weight excluding hydrogens is 645 g/mol.